The van der Waals surface area contributed by atoms with E-state index >= 15 is 0 Å². The molecule has 2 saturated carbocycles. The van der Waals surface area contributed by atoms with Crippen molar-refractivity contribution in [2.75, 3.05) is 11.9 Å². The van der Waals surface area contributed by atoms with Crippen molar-refractivity contribution in [1.82, 2.24) is 4.90 Å². The lowest BCUT2D eigenvalue weighted by atomic mass is 9.90. The molecule has 0 amide bonds. The lowest BCUT2D eigenvalue weighted by molar-refractivity contribution is 0.0892. The molecule has 0 atom stereocenters. The molecule has 2 fully saturated rings. The Morgan fingerprint density at radius 3 is 1.85 bits per heavy atom. The van der Waals surface area contributed by atoms with E-state index in [1.54, 1.807) is 0 Å². The molecule has 0 saturated heterocycles. The Hall–Kier alpha value is 0.440. The molecule has 0 heterocycles. The minimum Gasteiger partial charge on any atom is -0.297 e. The number of hydrogen-bond acceptors (Lipinski definition) is 1. The third-order valence-corrected chi connectivity index (χ3v) is 4.03. The van der Waals surface area contributed by atoms with Crippen LogP contribution in [0.3, 0.4) is 0 Å². The van der Waals surface area contributed by atoms with Crippen LogP contribution in [0.4, 0.5) is 0 Å². The predicted octanol–water partition coefficient (Wildman–Crippen LogP) is 3.18. The minimum absolute atomic E-state index is 0.933. The molecule has 0 bridgehead atoms. The topological polar surface area (TPSA) is 3.24 Å². The van der Waals surface area contributed by atoms with Gasteiger partial charge in [0.2, 0.25) is 0 Å². The summed E-state index contributed by atoms with van der Waals surface area (Å²) in [6, 6.07) is 1.88. The fourth-order valence-corrected chi connectivity index (χ4v) is 3.12. The summed E-state index contributed by atoms with van der Waals surface area (Å²) in [4.78, 5) is 2.78. The van der Waals surface area contributed by atoms with E-state index in [0.717, 1.165) is 17.4 Å². The first-order valence-electron chi connectivity index (χ1n) is 5.73. The van der Waals surface area contributed by atoms with Crippen LogP contribution in [-0.4, -0.2) is 28.9 Å². The molecular weight excluding hydrogens is 226 g/mol. The molecule has 0 N–H and O–H groups in total. The normalized spacial score (nSPS) is 25.4. The zero-order valence-corrected chi connectivity index (χ0v) is 9.93. The summed E-state index contributed by atoms with van der Waals surface area (Å²) < 4.78 is 0. The van der Waals surface area contributed by atoms with Crippen LogP contribution >= 0.6 is 15.9 Å². The summed E-state index contributed by atoms with van der Waals surface area (Å²) in [6.07, 6.45) is 10.3. The molecule has 1 nitrogen and oxygen atoms in total. The lowest BCUT2D eigenvalue weighted by Gasteiger charge is -2.41. The zero-order chi connectivity index (χ0) is 9.10. The molecule has 2 rings (SSSR count). The minimum atomic E-state index is 0.933. The van der Waals surface area contributed by atoms with Crippen LogP contribution in [-0.2, 0) is 0 Å². The highest BCUT2D eigenvalue weighted by molar-refractivity contribution is 9.09. The summed E-state index contributed by atoms with van der Waals surface area (Å²) in [5.41, 5.74) is 0. The zero-order valence-electron chi connectivity index (χ0n) is 8.34. The molecule has 0 spiro atoms. The molecule has 0 aliphatic heterocycles. The Bertz CT molecular complexity index is 150. The fourth-order valence-electron chi connectivity index (χ4n) is 2.72. The molecule has 0 unspecified atom stereocenters. The van der Waals surface area contributed by atoms with Gasteiger partial charge in [0.15, 0.2) is 0 Å². The first-order chi connectivity index (χ1) is 6.42. The van der Waals surface area contributed by atoms with Crippen molar-refractivity contribution in [3.05, 3.63) is 0 Å². The number of halogens is 1. The van der Waals surface area contributed by atoms with Crippen molar-refractivity contribution >= 4 is 15.9 Å². The smallest absolute Gasteiger partial charge is 0.0159 e. The number of nitrogens with zero attached hydrogens (tertiary/aromatic N) is 1. The second kappa shape index (κ2) is 4.79. The van der Waals surface area contributed by atoms with Crippen molar-refractivity contribution in [2.45, 2.75) is 57.0 Å². The first kappa shape index (κ1) is 9.97. The Balaban J connectivity index is 1.86. The molecule has 2 aliphatic carbocycles. The average molecular weight is 246 g/mol. The summed E-state index contributed by atoms with van der Waals surface area (Å²) in [5.74, 6) is 0. The van der Waals surface area contributed by atoms with E-state index in [1.165, 1.54) is 51.5 Å². The second-order valence-corrected chi connectivity index (χ2v) is 5.24. The molecule has 2 heteroatoms. The van der Waals surface area contributed by atoms with Gasteiger partial charge in [-0.1, -0.05) is 35.2 Å². The highest BCUT2D eigenvalue weighted by atomic mass is 79.9. The Morgan fingerprint density at radius 2 is 1.46 bits per heavy atom. The van der Waals surface area contributed by atoms with Crippen LogP contribution in [0.5, 0.6) is 0 Å². The van der Waals surface area contributed by atoms with Crippen LogP contribution in [0.2, 0.25) is 0 Å². The van der Waals surface area contributed by atoms with E-state index in [2.05, 4.69) is 20.8 Å². The second-order valence-electron chi connectivity index (χ2n) is 4.45. The van der Waals surface area contributed by atoms with E-state index < -0.39 is 0 Å². The highest BCUT2D eigenvalue weighted by Crippen LogP contribution is 2.32. The van der Waals surface area contributed by atoms with Gasteiger partial charge in [-0.25, -0.2) is 0 Å². The average Bonchev–Trinajstić information content (AvgIpc) is 2.51. The highest BCUT2D eigenvalue weighted by Gasteiger charge is 2.31. The lowest BCUT2D eigenvalue weighted by Crippen LogP contribution is -2.46. The quantitative estimate of drug-likeness (QED) is 0.688. The van der Waals surface area contributed by atoms with E-state index in [-0.39, 0.29) is 0 Å². The van der Waals surface area contributed by atoms with Gasteiger partial charge in [0.25, 0.3) is 0 Å². The van der Waals surface area contributed by atoms with Crippen molar-refractivity contribution in [2.24, 2.45) is 0 Å². The first-order valence-corrected chi connectivity index (χ1v) is 6.85. The van der Waals surface area contributed by atoms with Gasteiger partial charge in [-0.05, 0) is 25.7 Å². The van der Waals surface area contributed by atoms with Gasteiger partial charge in [0, 0.05) is 24.0 Å². The molecule has 0 aromatic heterocycles. The monoisotopic (exact) mass is 245 g/mol. The van der Waals surface area contributed by atoms with Crippen molar-refractivity contribution in [1.29, 1.82) is 0 Å². The molecule has 0 radical (unpaired) electrons. The largest absolute Gasteiger partial charge is 0.297 e. The van der Waals surface area contributed by atoms with Gasteiger partial charge < -0.3 is 0 Å². The third kappa shape index (κ3) is 2.27. The maximum absolute atomic E-state index is 3.58. The molecule has 13 heavy (non-hydrogen) atoms. The summed E-state index contributed by atoms with van der Waals surface area (Å²) >= 11 is 3.58. The van der Waals surface area contributed by atoms with Crippen LogP contribution in [0.15, 0.2) is 0 Å². The van der Waals surface area contributed by atoms with Gasteiger partial charge in [-0.3, -0.25) is 4.90 Å². The maximum atomic E-state index is 3.58. The van der Waals surface area contributed by atoms with Gasteiger partial charge in [-0.15, -0.1) is 0 Å². The summed E-state index contributed by atoms with van der Waals surface area (Å²) in [5, 5.41) is 1.15. The predicted molar refractivity (Wildman–Crippen MR) is 60.4 cm³/mol. The Morgan fingerprint density at radius 1 is 0.923 bits per heavy atom. The fraction of sp³-hybridized carbons (Fsp3) is 1.00. The van der Waals surface area contributed by atoms with E-state index in [1.807, 2.05) is 0 Å². The number of hydrogen-bond donors (Lipinski definition) is 0. The van der Waals surface area contributed by atoms with E-state index in [9.17, 15) is 0 Å². The maximum Gasteiger partial charge on any atom is 0.0159 e. The Kier molecular flexibility index (Phi) is 3.67. The Labute approximate surface area is 90.0 Å². The molecule has 2 aliphatic rings. The van der Waals surface area contributed by atoms with Crippen LogP contribution in [0, 0.1) is 0 Å². The van der Waals surface area contributed by atoms with Crippen molar-refractivity contribution < 1.29 is 0 Å². The standard InChI is InChI=1S/C11H20BrN/c12-8-9-13(11-6-3-7-11)10-4-1-2-5-10/h10-11H,1-9H2. The van der Waals surface area contributed by atoms with Crippen molar-refractivity contribution in [3.8, 4) is 0 Å². The van der Waals surface area contributed by atoms with E-state index in [4.69, 9.17) is 0 Å². The number of rotatable bonds is 4. The van der Waals surface area contributed by atoms with Gasteiger partial charge in [-0.2, -0.15) is 0 Å². The molecule has 0 aromatic rings. The SMILES string of the molecule is BrCCN(C1CCCC1)C1CCC1. The van der Waals surface area contributed by atoms with E-state index in [0.29, 0.717) is 0 Å². The summed E-state index contributed by atoms with van der Waals surface area (Å²) in [6.45, 7) is 1.27. The van der Waals surface area contributed by atoms with Crippen LogP contribution in [0.25, 0.3) is 0 Å². The molecule has 76 valence electrons. The van der Waals surface area contributed by atoms with Gasteiger partial charge in [0.1, 0.15) is 0 Å². The van der Waals surface area contributed by atoms with Gasteiger partial charge in [0.05, 0.1) is 0 Å². The molecule has 0 aromatic carbocycles. The molecular formula is C11H20BrN. The van der Waals surface area contributed by atoms with Crippen molar-refractivity contribution in [3.63, 3.8) is 0 Å². The van der Waals surface area contributed by atoms with Gasteiger partial charge >= 0.3 is 0 Å². The van der Waals surface area contributed by atoms with Crippen LogP contribution in [0.1, 0.15) is 44.9 Å². The third-order valence-electron chi connectivity index (χ3n) is 3.68. The number of alkyl halides is 1. The van der Waals surface area contributed by atoms with Crippen LogP contribution < -0.4 is 0 Å². The summed E-state index contributed by atoms with van der Waals surface area (Å²) in [7, 11) is 0.